The summed E-state index contributed by atoms with van der Waals surface area (Å²) < 4.78 is 1.70. The lowest BCUT2D eigenvalue weighted by Crippen LogP contribution is -2.34. The van der Waals surface area contributed by atoms with E-state index in [1.165, 1.54) is 19.2 Å². The molecular weight excluding hydrogens is 266 g/mol. The van der Waals surface area contributed by atoms with Gasteiger partial charge in [0.25, 0.3) is 0 Å². The zero-order chi connectivity index (χ0) is 14.5. The van der Waals surface area contributed by atoms with Gasteiger partial charge in [-0.3, -0.25) is 4.79 Å². The molecule has 0 radical (unpaired) electrons. The summed E-state index contributed by atoms with van der Waals surface area (Å²) in [5.41, 5.74) is 1.98. The predicted molar refractivity (Wildman–Crippen MR) is 78.8 cm³/mol. The van der Waals surface area contributed by atoms with Crippen LogP contribution < -0.4 is 10.6 Å². The molecule has 1 aromatic carbocycles. The molecule has 1 heterocycles. The fourth-order valence-corrected chi connectivity index (χ4v) is 2.13. The summed E-state index contributed by atoms with van der Waals surface area (Å²) in [7, 11) is 0. The van der Waals surface area contributed by atoms with Crippen molar-refractivity contribution in [2.75, 3.05) is 13.1 Å². The molecule has 1 aliphatic rings. The molecule has 2 N–H and O–H groups in total. The average molecular weight is 285 g/mol. The number of rotatable bonds is 7. The monoisotopic (exact) mass is 285 g/mol. The Morgan fingerprint density at radius 2 is 2.29 bits per heavy atom. The zero-order valence-electron chi connectivity index (χ0n) is 11.8. The first-order chi connectivity index (χ1) is 10.3. The summed E-state index contributed by atoms with van der Waals surface area (Å²) in [6.45, 7) is 1.86. The van der Waals surface area contributed by atoms with Gasteiger partial charge in [0, 0.05) is 6.54 Å². The molecule has 6 nitrogen and oxygen atoms in total. The molecule has 110 valence electrons. The third kappa shape index (κ3) is 4.13. The number of hydrogen-bond acceptors (Lipinski definition) is 4. The van der Waals surface area contributed by atoms with Gasteiger partial charge in [-0.25, -0.2) is 9.67 Å². The first-order valence-electron chi connectivity index (χ1n) is 7.22. The van der Waals surface area contributed by atoms with Gasteiger partial charge >= 0.3 is 0 Å². The maximum absolute atomic E-state index is 11.7. The molecule has 21 heavy (non-hydrogen) atoms. The Labute approximate surface area is 123 Å². The molecule has 0 saturated heterocycles. The van der Waals surface area contributed by atoms with Gasteiger partial charge in [0.1, 0.15) is 12.7 Å². The predicted octanol–water partition coefficient (Wildman–Crippen LogP) is 0.883. The average Bonchev–Trinajstić information content (AvgIpc) is 3.16. The second kappa shape index (κ2) is 6.49. The van der Waals surface area contributed by atoms with Gasteiger partial charge in [0.15, 0.2) is 0 Å². The van der Waals surface area contributed by atoms with Crippen molar-refractivity contribution in [2.45, 2.75) is 19.4 Å². The van der Waals surface area contributed by atoms with Crippen molar-refractivity contribution in [3.63, 3.8) is 0 Å². The molecule has 1 aromatic heterocycles. The lowest BCUT2D eigenvalue weighted by molar-refractivity contribution is -0.120. The third-order valence-electron chi connectivity index (χ3n) is 3.50. The summed E-state index contributed by atoms with van der Waals surface area (Å²) in [5, 5.41) is 10.2. The Kier molecular flexibility index (Phi) is 4.25. The van der Waals surface area contributed by atoms with Crippen molar-refractivity contribution in [3.8, 4) is 5.69 Å². The van der Waals surface area contributed by atoms with Gasteiger partial charge in [-0.05, 0) is 43.0 Å². The van der Waals surface area contributed by atoms with E-state index in [4.69, 9.17) is 0 Å². The highest BCUT2D eigenvalue weighted by atomic mass is 16.1. The third-order valence-corrected chi connectivity index (χ3v) is 3.50. The molecular formula is C15H19N5O. The Morgan fingerprint density at radius 3 is 3.05 bits per heavy atom. The molecule has 2 aromatic rings. The van der Waals surface area contributed by atoms with Crippen LogP contribution in [0.4, 0.5) is 0 Å². The van der Waals surface area contributed by atoms with Gasteiger partial charge in [0.05, 0.1) is 12.2 Å². The van der Waals surface area contributed by atoms with E-state index in [1.54, 1.807) is 11.0 Å². The number of carbonyl (C=O) groups excluding carboxylic acids is 1. The van der Waals surface area contributed by atoms with Gasteiger partial charge < -0.3 is 10.6 Å². The number of hydrogen-bond donors (Lipinski definition) is 2. The molecule has 1 amide bonds. The largest absolute Gasteiger partial charge is 0.351 e. The van der Waals surface area contributed by atoms with Crippen LogP contribution in [0.15, 0.2) is 36.9 Å². The Balaban J connectivity index is 1.48. The van der Waals surface area contributed by atoms with E-state index in [1.807, 2.05) is 24.3 Å². The van der Waals surface area contributed by atoms with E-state index in [2.05, 4.69) is 20.7 Å². The number of nitrogens with zero attached hydrogens (tertiary/aromatic N) is 3. The molecule has 3 rings (SSSR count). The fraction of sp³-hybridized carbons (Fsp3) is 0.400. The molecule has 1 fully saturated rings. The second-order valence-corrected chi connectivity index (χ2v) is 5.36. The van der Waals surface area contributed by atoms with Crippen LogP contribution in [-0.2, 0) is 11.3 Å². The van der Waals surface area contributed by atoms with Gasteiger partial charge in [-0.2, -0.15) is 5.10 Å². The first kappa shape index (κ1) is 13.8. The second-order valence-electron chi connectivity index (χ2n) is 5.36. The molecule has 1 saturated carbocycles. The minimum absolute atomic E-state index is 0.0295. The highest BCUT2D eigenvalue weighted by Gasteiger charge is 2.20. The number of benzene rings is 1. The summed E-state index contributed by atoms with van der Waals surface area (Å²) in [5.74, 6) is 0.818. The van der Waals surface area contributed by atoms with Crippen LogP contribution in [0.2, 0.25) is 0 Å². The molecule has 1 aliphatic carbocycles. The van der Waals surface area contributed by atoms with Crippen molar-refractivity contribution >= 4 is 5.91 Å². The van der Waals surface area contributed by atoms with Crippen LogP contribution in [0.25, 0.3) is 5.69 Å². The SMILES string of the molecule is O=C(CNCC1CC1)NCc1cccc(-n2cncn2)c1. The molecule has 0 atom stereocenters. The smallest absolute Gasteiger partial charge is 0.234 e. The summed E-state index contributed by atoms with van der Waals surface area (Å²) in [6.07, 6.45) is 5.74. The molecule has 0 spiro atoms. The lowest BCUT2D eigenvalue weighted by Gasteiger charge is -2.08. The minimum atomic E-state index is 0.0295. The standard InChI is InChI=1S/C15H19N5O/c21-15(9-16-7-12-4-5-12)18-8-13-2-1-3-14(6-13)20-11-17-10-19-20/h1-3,6,10-12,16H,4-5,7-9H2,(H,18,21). The number of aromatic nitrogens is 3. The Bertz CT molecular complexity index is 592. The van der Waals surface area contributed by atoms with Crippen LogP contribution in [-0.4, -0.2) is 33.8 Å². The molecule has 0 aliphatic heterocycles. The highest BCUT2D eigenvalue weighted by molar-refractivity contribution is 5.77. The summed E-state index contributed by atoms with van der Waals surface area (Å²) in [6, 6.07) is 7.88. The van der Waals surface area contributed by atoms with E-state index in [0.29, 0.717) is 13.1 Å². The number of amides is 1. The first-order valence-corrected chi connectivity index (χ1v) is 7.22. The van der Waals surface area contributed by atoms with Gasteiger partial charge in [-0.15, -0.1) is 0 Å². The van der Waals surface area contributed by atoms with Crippen molar-refractivity contribution in [3.05, 3.63) is 42.5 Å². The normalized spacial score (nSPS) is 14.1. The topological polar surface area (TPSA) is 71.8 Å². The van der Waals surface area contributed by atoms with Crippen LogP contribution >= 0.6 is 0 Å². The maximum atomic E-state index is 11.7. The van der Waals surface area contributed by atoms with Crippen molar-refractivity contribution in [2.24, 2.45) is 5.92 Å². The fourth-order valence-electron chi connectivity index (χ4n) is 2.13. The Hall–Kier alpha value is -2.21. The van der Waals surface area contributed by atoms with E-state index < -0.39 is 0 Å². The zero-order valence-corrected chi connectivity index (χ0v) is 11.8. The minimum Gasteiger partial charge on any atom is -0.351 e. The van der Waals surface area contributed by atoms with E-state index in [9.17, 15) is 4.79 Å². The highest BCUT2D eigenvalue weighted by Crippen LogP contribution is 2.27. The number of carbonyl (C=O) groups is 1. The van der Waals surface area contributed by atoms with E-state index >= 15 is 0 Å². The van der Waals surface area contributed by atoms with Crippen molar-refractivity contribution < 1.29 is 4.79 Å². The quantitative estimate of drug-likeness (QED) is 0.792. The van der Waals surface area contributed by atoms with Crippen LogP contribution in [0.3, 0.4) is 0 Å². The molecule has 6 heteroatoms. The van der Waals surface area contributed by atoms with Crippen molar-refractivity contribution in [1.82, 2.24) is 25.4 Å². The van der Waals surface area contributed by atoms with Crippen molar-refractivity contribution in [1.29, 1.82) is 0 Å². The Morgan fingerprint density at radius 1 is 1.38 bits per heavy atom. The van der Waals surface area contributed by atoms with E-state index in [0.717, 1.165) is 23.7 Å². The van der Waals surface area contributed by atoms with Gasteiger partial charge in [-0.1, -0.05) is 12.1 Å². The van der Waals surface area contributed by atoms with Gasteiger partial charge in [0.2, 0.25) is 5.91 Å². The molecule has 0 bridgehead atoms. The van der Waals surface area contributed by atoms with Crippen LogP contribution in [0, 0.1) is 5.92 Å². The summed E-state index contributed by atoms with van der Waals surface area (Å²) in [4.78, 5) is 15.7. The molecule has 0 unspecified atom stereocenters. The maximum Gasteiger partial charge on any atom is 0.234 e. The van der Waals surface area contributed by atoms with Crippen LogP contribution in [0.5, 0.6) is 0 Å². The summed E-state index contributed by atoms with van der Waals surface area (Å²) >= 11 is 0. The van der Waals surface area contributed by atoms with Crippen LogP contribution in [0.1, 0.15) is 18.4 Å². The van der Waals surface area contributed by atoms with E-state index in [-0.39, 0.29) is 5.91 Å². The number of nitrogens with one attached hydrogen (secondary N) is 2. The lowest BCUT2D eigenvalue weighted by atomic mass is 10.2.